The van der Waals surface area contributed by atoms with Gasteiger partial charge in [0.25, 0.3) is 11.8 Å². The van der Waals surface area contributed by atoms with E-state index in [4.69, 9.17) is 4.74 Å². The van der Waals surface area contributed by atoms with Gasteiger partial charge in [-0.2, -0.15) is 0 Å². The summed E-state index contributed by atoms with van der Waals surface area (Å²) in [5.41, 5.74) is 5.28. The van der Waals surface area contributed by atoms with Crippen LogP contribution in [0.4, 0.5) is 5.69 Å². The van der Waals surface area contributed by atoms with Gasteiger partial charge in [0.1, 0.15) is 5.75 Å². The number of ether oxygens (including phenoxy) is 1. The third-order valence-electron chi connectivity index (χ3n) is 5.93. The molecular formula is C27H28N2O3. The van der Waals surface area contributed by atoms with E-state index in [1.54, 1.807) is 13.2 Å². The van der Waals surface area contributed by atoms with Gasteiger partial charge in [-0.3, -0.25) is 9.59 Å². The van der Waals surface area contributed by atoms with E-state index in [-0.39, 0.29) is 17.9 Å². The molecule has 3 aromatic carbocycles. The number of amides is 2. The fraction of sp³-hybridized carbons (Fsp3) is 0.259. The average Bonchev–Trinajstić information content (AvgIpc) is 2.82. The van der Waals surface area contributed by atoms with Crippen molar-refractivity contribution in [3.05, 3.63) is 94.5 Å². The van der Waals surface area contributed by atoms with Gasteiger partial charge in [-0.15, -0.1) is 0 Å². The number of methoxy groups -OCH3 is 1. The molecule has 5 nitrogen and oxygen atoms in total. The van der Waals surface area contributed by atoms with Crippen molar-refractivity contribution in [1.29, 1.82) is 0 Å². The summed E-state index contributed by atoms with van der Waals surface area (Å²) in [6.07, 6.45) is 1.72. The second-order valence-corrected chi connectivity index (χ2v) is 8.24. The predicted molar refractivity (Wildman–Crippen MR) is 126 cm³/mol. The lowest BCUT2D eigenvalue weighted by Gasteiger charge is -2.30. The highest BCUT2D eigenvalue weighted by molar-refractivity contribution is 6.07. The molecule has 3 aromatic rings. The SMILES string of the molecule is COc1ccc(C(C)NC(=O)c2ccc3c(c2)CCCN3C(=O)c2cccc(C)c2)cc1. The molecule has 1 aliphatic rings. The normalized spacial score (nSPS) is 13.8. The Morgan fingerprint density at radius 2 is 1.78 bits per heavy atom. The molecule has 164 valence electrons. The van der Waals surface area contributed by atoms with Crippen LogP contribution in [0.1, 0.15) is 56.8 Å². The number of hydrogen-bond donors (Lipinski definition) is 1. The van der Waals surface area contributed by atoms with E-state index >= 15 is 0 Å². The lowest BCUT2D eigenvalue weighted by molar-refractivity contribution is 0.0939. The molecule has 0 bridgehead atoms. The van der Waals surface area contributed by atoms with E-state index in [1.165, 1.54) is 0 Å². The molecule has 0 saturated heterocycles. The summed E-state index contributed by atoms with van der Waals surface area (Å²) < 4.78 is 5.20. The topological polar surface area (TPSA) is 58.6 Å². The van der Waals surface area contributed by atoms with Gasteiger partial charge in [0.2, 0.25) is 0 Å². The Hall–Kier alpha value is -3.60. The van der Waals surface area contributed by atoms with Crippen molar-refractivity contribution in [1.82, 2.24) is 5.32 Å². The van der Waals surface area contributed by atoms with E-state index in [2.05, 4.69) is 5.32 Å². The molecular weight excluding hydrogens is 400 g/mol. The van der Waals surface area contributed by atoms with Crippen LogP contribution in [0.25, 0.3) is 0 Å². The number of benzene rings is 3. The molecule has 0 aliphatic carbocycles. The summed E-state index contributed by atoms with van der Waals surface area (Å²) in [5, 5.41) is 3.06. The fourth-order valence-electron chi connectivity index (χ4n) is 4.14. The minimum atomic E-state index is -0.135. The van der Waals surface area contributed by atoms with Crippen molar-refractivity contribution in [3.8, 4) is 5.75 Å². The maximum atomic E-state index is 13.1. The summed E-state index contributed by atoms with van der Waals surface area (Å²) in [6.45, 7) is 4.62. The Bertz CT molecular complexity index is 1140. The first-order chi connectivity index (χ1) is 15.5. The minimum Gasteiger partial charge on any atom is -0.497 e. The number of rotatable bonds is 5. The Labute approximate surface area is 189 Å². The van der Waals surface area contributed by atoms with Crippen molar-refractivity contribution < 1.29 is 14.3 Å². The number of fused-ring (bicyclic) bond motifs is 1. The van der Waals surface area contributed by atoms with Crippen LogP contribution in [0.2, 0.25) is 0 Å². The van der Waals surface area contributed by atoms with Crippen LogP contribution in [0, 0.1) is 6.92 Å². The minimum absolute atomic E-state index is 0.0000190. The van der Waals surface area contributed by atoms with E-state index in [9.17, 15) is 9.59 Å². The van der Waals surface area contributed by atoms with E-state index < -0.39 is 0 Å². The summed E-state index contributed by atoms with van der Waals surface area (Å²) >= 11 is 0. The molecule has 32 heavy (non-hydrogen) atoms. The van der Waals surface area contributed by atoms with Gasteiger partial charge in [0.05, 0.1) is 13.2 Å². The lowest BCUT2D eigenvalue weighted by atomic mass is 9.97. The molecule has 0 saturated carbocycles. The molecule has 1 heterocycles. The van der Waals surface area contributed by atoms with Gasteiger partial charge in [0.15, 0.2) is 0 Å². The van der Waals surface area contributed by atoms with Crippen LogP contribution >= 0.6 is 0 Å². The van der Waals surface area contributed by atoms with Crippen LogP contribution < -0.4 is 15.0 Å². The van der Waals surface area contributed by atoms with E-state index in [1.807, 2.05) is 79.4 Å². The number of anilines is 1. The van der Waals surface area contributed by atoms with Gasteiger partial charge in [0, 0.05) is 23.4 Å². The maximum Gasteiger partial charge on any atom is 0.258 e. The summed E-state index contributed by atoms with van der Waals surface area (Å²) in [7, 11) is 1.63. The van der Waals surface area contributed by atoms with Gasteiger partial charge >= 0.3 is 0 Å². The average molecular weight is 429 g/mol. The van der Waals surface area contributed by atoms with Gasteiger partial charge < -0.3 is 15.0 Å². The fourth-order valence-corrected chi connectivity index (χ4v) is 4.14. The molecule has 2 amide bonds. The molecule has 0 spiro atoms. The van der Waals surface area contributed by atoms with E-state index in [0.717, 1.165) is 41.0 Å². The number of nitrogens with one attached hydrogen (secondary N) is 1. The van der Waals surface area contributed by atoms with Gasteiger partial charge in [-0.1, -0.05) is 29.8 Å². The quantitative estimate of drug-likeness (QED) is 0.616. The standard InChI is InChI=1S/C27H28N2O3/c1-18-6-4-7-23(16-18)27(31)29-15-5-8-21-17-22(11-14-25(21)29)26(30)28-19(2)20-9-12-24(32-3)13-10-20/h4,6-7,9-14,16-17,19H,5,8,15H2,1-3H3,(H,28,30). The Balaban J connectivity index is 1.51. The number of nitrogens with zero attached hydrogens (tertiary/aromatic N) is 1. The van der Waals surface area contributed by atoms with Gasteiger partial charge in [-0.25, -0.2) is 0 Å². The second kappa shape index (κ2) is 9.27. The Morgan fingerprint density at radius 3 is 2.50 bits per heavy atom. The second-order valence-electron chi connectivity index (χ2n) is 8.24. The van der Waals surface area contributed by atoms with E-state index in [0.29, 0.717) is 17.7 Å². The maximum absolute atomic E-state index is 13.1. The van der Waals surface area contributed by atoms with Crippen LogP contribution in [0.5, 0.6) is 5.75 Å². The Kier molecular flexibility index (Phi) is 6.26. The van der Waals surface area contributed by atoms with Crippen LogP contribution in [-0.2, 0) is 6.42 Å². The zero-order valence-corrected chi connectivity index (χ0v) is 18.7. The van der Waals surface area contributed by atoms with Crippen molar-refractivity contribution in [2.75, 3.05) is 18.6 Å². The first kappa shape index (κ1) is 21.6. The molecule has 4 rings (SSSR count). The highest BCUT2D eigenvalue weighted by Crippen LogP contribution is 2.30. The molecule has 1 N–H and O–H groups in total. The molecule has 5 heteroatoms. The molecule has 1 unspecified atom stereocenters. The molecule has 1 aliphatic heterocycles. The third kappa shape index (κ3) is 4.52. The number of carbonyl (C=O) groups excluding carboxylic acids is 2. The molecule has 1 atom stereocenters. The monoisotopic (exact) mass is 428 g/mol. The van der Waals surface area contributed by atoms with Crippen molar-refractivity contribution in [2.24, 2.45) is 0 Å². The number of carbonyl (C=O) groups is 2. The number of hydrogen-bond acceptors (Lipinski definition) is 3. The smallest absolute Gasteiger partial charge is 0.258 e. The zero-order chi connectivity index (χ0) is 22.7. The first-order valence-electron chi connectivity index (χ1n) is 10.9. The first-order valence-corrected chi connectivity index (χ1v) is 10.9. The van der Waals surface area contributed by atoms with Crippen LogP contribution in [-0.4, -0.2) is 25.5 Å². The largest absolute Gasteiger partial charge is 0.497 e. The van der Waals surface area contributed by atoms with Crippen LogP contribution in [0.3, 0.4) is 0 Å². The zero-order valence-electron chi connectivity index (χ0n) is 18.7. The molecule has 0 radical (unpaired) electrons. The molecule has 0 fully saturated rings. The van der Waals surface area contributed by atoms with Crippen molar-refractivity contribution >= 4 is 17.5 Å². The van der Waals surface area contributed by atoms with Crippen molar-refractivity contribution in [2.45, 2.75) is 32.7 Å². The summed E-state index contributed by atoms with van der Waals surface area (Å²) in [4.78, 5) is 27.8. The molecule has 0 aromatic heterocycles. The van der Waals surface area contributed by atoms with Crippen molar-refractivity contribution in [3.63, 3.8) is 0 Å². The number of aryl methyl sites for hydroxylation is 2. The Morgan fingerprint density at radius 1 is 1.00 bits per heavy atom. The summed E-state index contributed by atoms with van der Waals surface area (Å²) in [5.74, 6) is 0.657. The lowest BCUT2D eigenvalue weighted by Crippen LogP contribution is -2.35. The predicted octanol–water partition coefficient (Wildman–Crippen LogP) is 5.09. The summed E-state index contributed by atoms with van der Waals surface area (Å²) in [6, 6.07) is 20.8. The van der Waals surface area contributed by atoms with Gasteiger partial charge in [-0.05, 0) is 80.3 Å². The third-order valence-corrected chi connectivity index (χ3v) is 5.93. The highest BCUT2D eigenvalue weighted by atomic mass is 16.5. The highest BCUT2D eigenvalue weighted by Gasteiger charge is 2.25. The van der Waals surface area contributed by atoms with Crippen LogP contribution in [0.15, 0.2) is 66.7 Å².